The molecule has 7 nitrogen and oxygen atoms in total. The molecule has 1 aromatic heterocycles. The molecule has 2 N–H and O–H groups in total. The zero-order valence-electron chi connectivity index (χ0n) is 19.5. The average molecular weight is 491 g/mol. The van der Waals surface area contributed by atoms with Crippen molar-refractivity contribution in [3.8, 4) is 0 Å². The van der Waals surface area contributed by atoms with Gasteiger partial charge in [0.1, 0.15) is 0 Å². The van der Waals surface area contributed by atoms with Crippen LogP contribution in [0.5, 0.6) is 0 Å². The van der Waals surface area contributed by atoms with Gasteiger partial charge in [-0.3, -0.25) is 19.3 Å². The fourth-order valence-electron chi connectivity index (χ4n) is 4.91. The van der Waals surface area contributed by atoms with Crippen molar-refractivity contribution in [2.45, 2.75) is 49.9 Å². The predicted molar refractivity (Wildman–Crippen MR) is 124 cm³/mol. The van der Waals surface area contributed by atoms with Gasteiger partial charge in [0.15, 0.2) is 0 Å². The van der Waals surface area contributed by atoms with Gasteiger partial charge in [-0.1, -0.05) is 12.1 Å². The summed E-state index contributed by atoms with van der Waals surface area (Å²) in [6, 6.07) is 8.10. The Bertz CT molecular complexity index is 1130. The first-order valence-electron chi connectivity index (χ1n) is 11.8. The third kappa shape index (κ3) is 6.11. The Morgan fingerprint density at radius 2 is 1.77 bits per heavy atom. The predicted octanol–water partition coefficient (Wildman–Crippen LogP) is 2.66. The van der Waals surface area contributed by atoms with E-state index in [1.807, 2.05) is 12.3 Å². The Labute approximate surface area is 201 Å². The highest BCUT2D eigenvalue weighted by atomic mass is 19.4. The van der Waals surface area contributed by atoms with Gasteiger partial charge in [0.05, 0.1) is 18.2 Å². The molecule has 0 bridgehead atoms. The summed E-state index contributed by atoms with van der Waals surface area (Å²) in [6.45, 7) is 1.18. The molecule has 0 unspecified atom stereocenters. The van der Waals surface area contributed by atoms with Crippen molar-refractivity contribution in [2.24, 2.45) is 7.05 Å². The fraction of sp³-hybridized carbons (Fsp3) is 0.480. The highest BCUT2D eigenvalue weighted by Gasteiger charge is 2.35. The van der Waals surface area contributed by atoms with Crippen LogP contribution in [0.3, 0.4) is 0 Å². The van der Waals surface area contributed by atoms with E-state index in [0.29, 0.717) is 12.0 Å². The number of pyridine rings is 1. The third-order valence-electron chi connectivity index (χ3n) is 6.93. The van der Waals surface area contributed by atoms with Gasteiger partial charge in [0.25, 0.3) is 5.91 Å². The van der Waals surface area contributed by atoms with E-state index in [4.69, 9.17) is 0 Å². The lowest BCUT2D eigenvalue weighted by molar-refractivity contribution is -0.137. The molecular formula is C25H29F3N4O3. The summed E-state index contributed by atoms with van der Waals surface area (Å²) in [4.78, 5) is 38.3. The second-order valence-electron chi connectivity index (χ2n) is 9.40. The maximum absolute atomic E-state index is 12.8. The molecule has 0 radical (unpaired) electrons. The van der Waals surface area contributed by atoms with Gasteiger partial charge in [-0.05, 0) is 55.4 Å². The van der Waals surface area contributed by atoms with Crippen LogP contribution in [0, 0.1) is 0 Å². The van der Waals surface area contributed by atoms with Crippen LogP contribution in [0.4, 0.5) is 13.2 Å². The summed E-state index contributed by atoms with van der Waals surface area (Å²) in [5.41, 5.74) is 0.140. The molecule has 2 aromatic rings. The summed E-state index contributed by atoms with van der Waals surface area (Å²) >= 11 is 0. The molecule has 2 amide bonds. The number of aromatic nitrogens is 1. The van der Waals surface area contributed by atoms with Crippen molar-refractivity contribution in [3.63, 3.8) is 0 Å². The maximum atomic E-state index is 12.8. The Morgan fingerprint density at radius 3 is 2.43 bits per heavy atom. The molecule has 1 saturated heterocycles. The SMILES string of the molecule is Cn1cc(C2CCC(N3CC(NC(=O)CNC(=O)c4cccc(C(F)(F)F)c4)C3)CC2)ccc1=O. The van der Waals surface area contributed by atoms with Crippen LogP contribution in [-0.2, 0) is 18.0 Å². The molecule has 188 valence electrons. The van der Waals surface area contributed by atoms with E-state index in [1.165, 1.54) is 11.6 Å². The van der Waals surface area contributed by atoms with Crippen LogP contribution >= 0.6 is 0 Å². The van der Waals surface area contributed by atoms with Crippen LogP contribution in [0.2, 0.25) is 0 Å². The lowest BCUT2D eigenvalue weighted by Gasteiger charge is -2.46. The van der Waals surface area contributed by atoms with Gasteiger partial charge in [0, 0.05) is 44.0 Å². The first-order valence-corrected chi connectivity index (χ1v) is 11.8. The van der Waals surface area contributed by atoms with E-state index in [-0.39, 0.29) is 29.6 Å². The van der Waals surface area contributed by atoms with E-state index in [0.717, 1.165) is 57.0 Å². The Kier molecular flexibility index (Phi) is 7.30. The van der Waals surface area contributed by atoms with Crippen LogP contribution in [0.1, 0.15) is 53.1 Å². The number of benzene rings is 1. The smallest absolute Gasteiger partial charge is 0.349 e. The highest BCUT2D eigenvalue weighted by molar-refractivity contribution is 5.96. The topological polar surface area (TPSA) is 83.4 Å². The van der Waals surface area contributed by atoms with Crippen molar-refractivity contribution < 1.29 is 22.8 Å². The molecule has 4 rings (SSSR count). The Morgan fingerprint density at radius 1 is 1.06 bits per heavy atom. The van der Waals surface area contributed by atoms with Crippen LogP contribution in [0.15, 0.2) is 47.4 Å². The molecule has 2 heterocycles. The molecule has 1 saturated carbocycles. The van der Waals surface area contributed by atoms with E-state index >= 15 is 0 Å². The second-order valence-corrected chi connectivity index (χ2v) is 9.40. The van der Waals surface area contributed by atoms with E-state index in [9.17, 15) is 27.6 Å². The zero-order valence-corrected chi connectivity index (χ0v) is 19.5. The number of nitrogens with zero attached hydrogens (tertiary/aromatic N) is 2. The van der Waals surface area contributed by atoms with Crippen LogP contribution in [-0.4, -0.2) is 53.0 Å². The van der Waals surface area contributed by atoms with E-state index < -0.39 is 17.6 Å². The van der Waals surface area contributed by atoms with Gasteiger partial charge in [-0.25, -0.2) is 0 Å². The number of aryl methyl sites for hydroxylation is 1. The number of alkyl halides is 3. The van der Waals surface area contributed by atoms with Crippen LogP contribution < -0.4 is 16.2 Å². The Hall–Kier alpha value is -3.14. The number of rotatable bonds is 6. The molecule has 10 heteroatoms. The number of carbonyl (C=O) groups excluding carboxylic acids is 2. The Balaban J connectivity index is 1.17. The minimum absolute atomic E-state index is 0.00525. The number of nitrogens with one attached hydrogen (secondary N) is 2. The molecule has 1 aliphatic carbocycles. The van der Waals surface area contributed by atoms with E-state index in [2.05, 4.69) is 15.5 Å². The standard InChI is InChI=1S/C25H29F3N4O3/c1-31-13-18(7-10-23(31)34)16-5-8-21(9-6-16)32-14-20(15-32)30-22(33)12-29-24(35)17-3-2-4-19(11-17)25(26,27)28/h2-4,7,10-11,13,16,20-21H,5-6,8-9,12,14-15H2,1H3,(H,29,35)(H,30,33). The molecular weight excluding hydrogens is 461 g/mol. The molecule has 35 heavy (non-hydrogen) atoms. The fourth-order valence-corrected chi connectivity index (χ4v) is 4.91. The highest BCUT2D eigenvalue weighted by Crippen LogP contribution is 2.35. The third-order valence-corrected chi connectivity index (χ3v) is 6.93. The number of likely N-dealkylation sites (tertiary alicyclic amines) is 1. The lowest BCUT2D eigenvalue weighted by Crippen LogP contribution is -2.63. The number of hydrogen-bond donors (Lipinski definition) is 2. The monoisotopic (exact) mass is 490 g/mol. The number of hydrogen-bond acceptors (Lipinski definition) is 4. The van der Waals surface area contributed by atoms with Gasteiger partial charge in [-0.15, -0.1) is 0 Å². The summed E-state index contributed by atoms with van der Waals surface area (Å²) < 4.78 is 40.1. The summed E-state index contributed by atoms with van der Waals surface area (Å²) in [5, 5.41) is 5.25. The maximum Gasteiger partial charge on any atom is 0.416 e. The van der Waals surface area contributed by atoms with Gasteiger partial charge >= 0.3 is 6.18 Å². The van der Waals surface area contributed by atoms with Gasteiger partial charge < -0.3 is 15.2 Å². The molecule has 1 aromatic carbocycles. The van der Waals surface area contributed by atoms with E-state index in [1.54, 1.807) is 17.7 Å². The molecule has 2 fully saturated rings. The first kappa shape index (κ1) is 25.0. The number of amides is 2. The normalized spacial score (nSPS) is 21.3. The summed E-state index contributed by atoms with van der Waals surface area (Å²) in [7, 11) is 1.77. The summed E-state index contributed by atoms with van der Waals surface area (Å²) in [5.74, 6) is -0.639. The lowest BCUT2D eigenvalue weighted by atomic mass is 9.81. The minimum atomic E-state index is -4.54. The minimum Gasteiger partial charge on any atom is -0.349 e. The zero-order chi connectivity index (χ0) is 25.2. The van der Waals surface area contributed by atoms with Crippen molar-refractivity contribution in [1.82, 2.24) is 20.1 Å². The first-order chi connectivity index (χ1) is 16.6. The molecule has 0 atom stereocenters. The average Bonchev–Trinajstić information content (AvgIpc) is 2.81. The quantitative estimate of drug-likeness (QED) is 0.652. The number of halogens is 3. The number of carbonyl (C=O) groups is 2. The van der Waals surface area contributed by atoms with Crippen molar-refractivity contribution in [2.75, 3.05) is 19.6 Å². The largest absolute Gasteiger partial charge is 0.416 e. The molecule has 2 aliphatic rings. The van der Waals surface area contributed by atoms with Crippen molar-refractivity contribution in [1.29, 1.82) is 0 Å². The van der Waals surface area contributed by atoms with Gasteiger partial charge in [-0.2, -0.15) is 13.2 Å². The van der Waals surface area contributed by atoms with Crippen molar-refractivity contribution >= 4 is 11.8 Å². The van der Waals surface area contributed by atoms with Gasteiger partial charge in [0.2, 0.25) is 11.5 Å². The second kappa shape index (κ2) is 10.2. The van der Waals surface area contributed by atoms with Crippen molar-refractivity contribution in [3.05, 3.63) is 69.6 Å². The van der Waals surface area contributed by atoms with Crippen LogP contribution in [0.25, 0.3) is 0 Å². The molecule has 0 spiro atoms. The molecule has 1 aliphatic heterocycles. The summed E-state index contributed by atoms with van der Waals surface area (Å²) in [6.07, 6.45) is 1.61.